The Morgan fingerprint density at radius 1 is 1.33 bits per heavy atom. The van der Waals surface area contributed by atoms with E-state index in [-0.39, 0.29) is 12.1 Å². The van der Waals surface area contributed by atoms with E-state index in [9.17, 15) is 8.42 Å². The molecule has 18 heavy (non-hydrogen) atoms. The Morgan fingerprint density at radius 2 is 2.06 bits per heavy atom. The molecule has 1 heterocycles. The molecule has 0 radical (unpaired) electrons. The zero-order valence-electron chi connectivity index (χ0n) is 10.5. The van der Waals surface area contributed by atoms with Crippen LogP contribution in [-0.4, -0.2) is 40.8 Å². The first-order chi connectivity index (χ1) is 8.54. The smallest absolute Gasteiger partial charge is 0.241 e. The minimum atomic E-state index is -3.49. The van der Waals surface area contributed by atoms with Crippen molar-refractivity contribution in [3.05, 3.63) is 29.8 Å². The van der Waals surface area contributed by atoms with E-state index in [1.54, 1.807) is 32.2 Å². The molecule has 1 saturated heterocycles. The lowest BCUT2D eigenvalue weighted by Gasteiger charge is -2.19. The van der Waals surface area contributed by atoms with Gasteiger partial charge in [0.15, 0.2) is 0 Å². The monoisotopic (exact) mass is 270 g/mol. The third-order valence-electron chi connectivity index (χ3n) is 3.15. The fourth-order valence-corrected chi connectivity index (χ4v) is 3.65. The summed E-state index contributed by atoms with van der Waals surface area (Å²) >= 11 is 0. The van der Waals surface area contributed by atoms with Crippen molar-refractivity contribution in [3.8, 4) is 0 Å². The van der Waals surface area contributed by atoms with Crippen LogP contribution >= 0.6 is 0 Å². The summed E-state index contributed by atoms with van der Waals surface area (Å²) in [6.07, 6.45) is -0.121. The molecule has 0 aromatic heterocycles. The average Bonchev–Trinajstić information content (AvgIpc) is 2.76. The molecule has 5 nitrogen and oxygen atoms in total. The number of rotatable bonds is 4. The van der Waals surface area contributed by atoms with E-state index in [0.717, 1.165) is 5.56 Å². The largest absolute Gasteiger partial charge is 0.378 e. The number of benzene rings is 1. The molecule has 100 valence electrons. The van der Waals surface area contributed by atoms with Crippen LogP contribution in [0.15, 0.2) is 29.2 Å². The third kappa shape index (κ3) is 2.72. The van der Waals surface area contributed by atoms with Gasteiger partial charge in [-0.2, -0.15) is 0 Å². The van der Waals surface area contributed by atoms with Gasteiger partial charge in [-0.15, -0.1) is 0 Å². The lowest BCUT2D eigenvalue weighted by atomic mass is 10.2. The molecule has 2 N–H and O–H groups in total. The van der Waals surface area contributed by atoms with E-state index in [4.69, 9.17) is 4.74 Å². The Hall–Kier alpha value is -0.950. The first kappa shape index (κ1) is 13.5. The van der Waals surface area contributed by atoms with E-state index in [1.807, 2.05) is 6.07 Å². The van der Waals surface area contributed by atoms with E-state index in [0.29, 0.717) is 18.0 Å². The van der Waals surface area contributed by atoms with Crippen molar-refractivity contribution in [2.75, 3.05) is 20.2 Å². The van der Waals surface area contributed by atoms with Crippen LogP contribution in [0.5, 0.6) is 0 Å². The highest BCUT2D eigenvalue weighted by Crippen LogP contribution is 2.16. The maximum Gasteiger partial charge on any atom is 0.241 e. The third-order valence-corrected chi connectivity index (χ3v) is 4.80. The number of hydrogen-bond acceptors (Lipinski definition) is 4. The van der Waals surface area contributed by atoms with Crippen LogP contribution < -0.4 is 10.0 Å². The van der Waals surface area contributed by atoms with Gasteiger partial charge in [-0.05, 0) is 18.6 Å². The molecule has 2 atom stereocenters. The van der Waals surface area contributed by atoms with Gasteiger partial charge in [0.1, 0.15) is 0 Å². The predicted octanol–water partition coefficient (Wildman–Crippen LogP) is 0.260. The zero-order chi connectivity index (χ0) is 13.2. The highest BCUT2D eigenvalue weighted by molar-refractivity contribution is 7.89. The van der Waals surface area contributed by atoms with E-state index >= 15 is 0 Å². The summed E-state index contributed by atoms with van der Waals surface area (Å²) in [5.74, 6) is 0. The lowest BCUT2D eigenvalue weighted by Crippen LogP contribution is -2.43. The van der Waals surface area contributed by atoms with Crippen LogP contribution in [0.1, 0.15) is 5.56 Å². The fourth-order valence-electron chi connectivity index (χ4n) is 2.14. The Labute approximate surface area is 108 Å². The predicted molar refractivity (Wildman–Crippen MR) is 69.0 cm³/mol. The summed E-state index contributed by atoms with van der Waals surface area (Å²) < 4.78 is 32.5. The summed E-state index contributed by atoms with van der Waals surface area (Å²) in [6, 6.07) is 6.72. The molecule has 1 aromatic carbocycles. The summed E-state index contributed by atoms with van der Waals surface area (Å²) in [7, 11) is -1.90. The second-order valence-electron chi connectivity index (χ2n) is 4.43. The topological polar surface area (TPSA) is 67.4 Å². The van der Waals surface area contributed by atoms with Crippen LogP contribution in [0, 0.1) is 6.92 Å². The molecular weight excluding hydrogens is 252 g/mol. The number of ether oxygens (including phenoxy) is 1. The highest BCUT2D eigenvalue weighted by Gasteiger charge is 2.31. The van der Waals surface area contributed by atoms with Crippen LogP contribution in [0.4, 0.5) is 0 Å². The second kappa shape index (κ2) is 5.36. The number of hydrogen-bond donors (Lipinski definition) is 2. The quantitative estimate of drug-likeness (QED) is 0.823. The van der Waals surface area contributed by atoms with Gasteiger partial charge in [0.2, 0.25) is 10.0 Å². The van der Waals surface area contributed by atoms with Gasteiger partial charge in [0.25, 0.3) is 0 Å². The summed E-state index contributed by atoms with van der Waals surface area (Å²) in [6.45, 7) is 3.04. The van der Waals surface area contributed by atoms with E-state index < -0.39 is 10.0 Å². The van der Waals surface area contributed by atoms with Crippen LogP contribution in [0.3, 0.4) is 0 Å². The van der Waals surface area contributed by atoms with Gasteiger partial charge in [-0.25, -0.2) is 13.1 Å². The van der Waals surface area contributed by atoms with Gasteiger partial charge < -0.3 is 10.1 Å². The van der Waals surface area contributed by atoms with E-state index in [2.05, 4.69) is 10.0 Å². The van der Waals surface area contributed by atoms with Crippen molar-refractivity contribution < 1.29 is 13.2 Å². The molecule has 1 fully saturated rings. The zero-order valence-corrected chi connectivity index (χ0v) is 11.3. The highest BCUT2D eigenvalue weighted by atomic mass is 32.2. The van der Waals surface area contributed by atoms with Crippen molar-refractivity contribution in [2.24, 2.45) is 0 Å². The minimum Gasteiger partial charge on any atom is -0.378 e. The average molecular weight is 270 g/mol. The van der Waals surface area contributed by atoms with E-state index in [1.165, 1.54) is 0 Å². The van der Waals surface area contributed by atoms with Gasteiger partial charge in [0.05, 0.1) is 17.0 Å². The molecular formula is C12H18N2O3S. The minimum absolute atomic E-state index is 0.121. The Balaban J connectivity index is 2.20. The standard InChI is InChI=1S/C12H18N2O3S/c1-9-5-3-4-6-12(9)18(15,16)14-10-7-13-8-11(10)17-2/h3-6,10-11,13-14H,7-8H2,1-2H3/t10?,11-/m0/s1. The Kier molecular flexibility index (Phi) is 4.01. The number of aryl methyl sites for hydroxylation is 1. The molecule has 0 saturated carbocycles. The molecule has 1 aliphatic rings. The van der Waals surface area contributed by atoms with Gasteiger partial charge in [-0.3, -0.25) is 0 Å². The molecule has 0 aliphatic carbocycles. The van der Waals surface area contributed by atoms with Gasteiger partial charge in [0, 0.05) is 20.2 Å². The van der Waals surface area contributed by atoms with Gasteiger partial charge in [-0.1, -0.05) is 18.2 Å². The van der Waals surface area contributed by atoms with Crippen LogP contribution in [-0.2, 0) is 14.8 Å². The molecule has 6 heteroatoms. The first-order valence-corrected chi connectivity index (χ1v) is 7.34. The fraction of sp³-hybridized carbons (Fsp3) is 0.500. The van der Waals surface area contributed by atoms with Gasteiger partial charge >= 0.3 is 0 Å². The number of nitrogens with one attached hydrogen (secondary N) is 2. The van der Waals surface area contributed by atoms with Crippen LogP contribution in [0.25, 0.3) is 0 Å². The lowest BCUT2D eigenvalue weighted by molar-refractivity contribution is 0.103. The molecule has 2 rings (SSSR count). The number of methoxy groups -OCH3 is 1. The Bertz CT molecular complexity index is 516. The maximum atomic E-state index is 12.3. The summed E-state index contributed by atoms with van der Waals surface area (Å²) in [4.78, 5) is 0.326. The molecule has 0 bridgehead atoms. The molecule has 0 amide bonds. The first-order valence-electron chi connectivity index (χ1n) is 5.86. The molecule has 1 aliphatic heterocycles. The summed E-state index contributed by atoms with van der Waals surface area (Å²) in [5.41, 5.74) is 0.741. The molecule has 1 unspecified atom stereocenters. The molecule has 1 aromatic rings. The van der Waals surface area contributed by atoms with Crippen molar-refractivity contribution in [1.29, 1.82) is 0 Å². The second-order valence-corrected chi connectivity index (χ2v) is 6.11. The SMILES string of the molecule is CO[C@H]1CNCC1NS(=O)(=O)c1ccccc1C. The van der Waals surface area contributed by atoms with Crippen LogP contribution in [0.2, 0.25) is 0 Å². The summed E-state index contributed by atoms with van der Waals surface area (Å²) in [5, 5.41) is 3.11. The maximum absolute atomic E-state index is 12.3. The van der Waals surface area contributed by atoms with Crippen molar-refractivity contribution in [3.63, 3.8) is 0 Å². The normalized spacial score (nSPS) is 24.3. The van der Waals surface area contributed by atoms with Crippen molar-refractivity contribution in [2.45, 2.75) is 24.0 Å². The Morgan fingerprint density at radius 3 is 2.72 bits per heavy atom. The molecule has 0 spiro atoms. The van der Waals surface area contributed by atoms with Crippen molar-refractivity contribution >= 4 is 10.0 Å². The van der Waals surface area contributed by atoms with Crippen molar-refractivity contribution in [1.82, 2.24) is 10.0 Å². The number of sulfonamides is 1.